The van der Waals surface area contributed by atoms with E-state index in [1.54, 1.807) is 18.3 Å². The topological polar surface area (TPSA) is 46.9 Å². The van der Waals surface area contributed by atoms with Crippen LogP contribution in [0.2, 0.25) is 5.15 Å². The van der Waals surface area contributed by atoms with Gasteiger partial charge in [-0.2, -0.15) is 0 Å². The Balaban J connectivity index is 1.84. The van der Waals surface area contributed by atoms with Gasteiger partial charge >= 0.3 is 0 Å². The summed E-state index contributed by atoms with van der Waals surface area (Å²) in [4.78, 5) is 16.2. The molecule has 0 saturated heterocycles. The zero-order valence-electron chi connectivity index (χ0n) is 9.94. The van der Waals surface area contributed by atoms with Crippen LogP contribution in [0, 0.1) is 0 Å². The van der Waals surface area contributed by atoms with Gasteiger partial charge in [0, 0.05) is 28.6 Å². The van der Waals surface area contributed by atoms with Crippen LogP contribution < -0.4 is 5.32 Å². The lowest BCUT2D eigenvalue weighted by Gasteiger charge is -2.08. The van der Waals surface area contributed by atoms with E-state index in [0.717, 1.165) is 17.3 Å². The second kappa shape index (κ2) is 4.98. The lowest BCUT2D eigenvalue weighted by Crippen LogP contribution is -2.16. The number of carbonyl (C=O) groups is 1. The van der Waals surface area contributed by atoms with E-state index >= 15 is 0 Å². The molecular weight excluding hydrogens is 330 g/mol. The Morgan fingerprint density at radius 2 is 2.26 bits per heavy atom. The molecule has 2 aromatic heterocycles. The smallest absolute Gasteiger partial charge is 0.272 e. The molecule has 3 rings (SSSR count). The predicted molar refractivity (Wildman–Crippen MR) is 77.6 cm³/mol. The molecular formula is C13H11BrClN3O. The van der Waals surface area contributed by atoms with Crippen molar-refractivity contribution < 1.29 is 4.79 Å². The van der Waals surface area contributed by atoms with Crippen molar-refractivity contribution in [3.05, 3.63) is 45.9 Å². The van der Waals surface area contributed by atoms with Gasteiger partial charge < -0.3 is 9.88 Å². The summed E-state index contributed by atoms with van der Waals surface area (Å²) in [5.74, 6) is -0.139. The molecule has 0 unspecified atom stereocenters. The second-order valence-electron chi connectivity index (χ2n) is 4.50. The standard InChI is InChI=1S/C13H11BrClN3O/c14-8-5-11(18(7-8)10-1-2-10)13(19)17-9-3-4-16-12(15)6-9/h3-7,10H,1-2H2,(H,16,17,19). The molecule has 1 N–H and O–H groups in total. The number of halogens is 2. The van der Waals surface area contributed by atoms with Crippen LogP contribution in [0.3, 0.4) is 0 Å². The third-order valence-corrected chi connectivity index (χ3v) is 3.61. The molecule has 2 heterocycles. The highest BCUT2D eigenvalue weighted by molar-refractivity contribution is 9.10. The number of rotatable bonds is 3. The van der Waals surface area contributed by atoms with Crippen molar-refractivity contribution in [1.82, 2.24) is 9.55 Å². The first-order valence-electron chi connectivity index (χ1n) is 5.94. The zero-order chi connectivity index (χ0) is 13.4. The first kappa shape index (κ1) is 12.7. The fourth-order valence-corrected chi connectivity index (χ4v) is 2.57. The fraction of sp³-hybridized carbons (Fsp3) is 0.231. The van der Waals surface area contributed by atoms with Crippen LogP contribution in [0.15, 0.2) is 35.1 Å². The van der Waals surface area contributed by atoms with Crippen LogP contribution in [0.5, 0.6) is 0 Å². The van der Waals surface area contributed by atoms with E-state index in [0.29, 0.717) is 22.6 Å². The Bertz CT molecular complexity index is 637. The van der Waals surface area contributed by atoms with Crippen molar-refractivity contribution >= 4 is 39.1 Å². The average Bonchev–Trinajstić information content (AvgIpc) is 3.12. The lowest BCUT2D eigenvalue weighted by atomic mass is 10.3. The van der Waals surface area contributed by atoms with Crippen molar-refractivity contribution in [3.63, 3.8) is 0 Å². The molecule has 0 bridgehead atoms. The molecule has 0 atom stereocenters. The van der Waals surface area contributed by atoms with Crippen LogP contribution >= 0.6 is 27.5 Å². The van der Waals surface area contributed by atoms with Gasteiger partial charge in [0.1, 0.15) is 10.8 Å². The molecule has 1 amide bonds. The summed E-state index contributed by atoms with van der Waals surface area (Å²) in [6.07, 6.45) is 5.77. The fourth-order valence-electron chi connectivity index (χ4n) is 1.96. The SMILES string of the molecule is O=C(Nc1ccnc(Cl)c1)c1cc(Br)cn1C1CC1. The van der Waals surface area contributed by atoms with Crippen molar-refractivity contribution in [2.24, 2.45) is 0 Å². The van der Waals surface area contributed by atoms with Crippen molar-refractivity contribution in [3.8, 4) is 0 Å². The Kier molecular flexibility index (Phi) is 3.33. The van der Waals surface area contributed by atoms with Gasteiger partial charge in [-0.1, -0.05) is 11.6 Å². The molecule has 0 aliphatic heterocycles. The number of amides is 1. The molecule has 4 nitrogen and oxygen atoms in total. The first-order valence-corrected chi connectivity index (χ1v) is 7.11. The van der Waals surface area contributed by atoms with Crippen LogP contribution in [-0.2, 0) is 0 Å². The molecule has 0 aromatic carbocycles. The molecule has 0 spiro atoms. The first-order chi connectivity index (χ1) is 9.13. The van der Waals surface area contributed by atoms with Gasteiger partial charge in [-0.05, 0) is 47.0 Å². The number of hydrogen-bond donors (Lipinski definition) is 1. The highest BCUT2D eigenvalue weighted by Gasteiger charge is 2.27. The van der Waals surface area contributed by atoms with Gasteiger partial charge in [0.25, 0.3) is 5.91 Å². The van der Waals surface area contributed by atoms with E-state index in [9.17, 15) is 4.79 Å². The summed E-state index contributed by atoms with van der Waals surface area (Å²) in [7, 11) is 0. The van der Waals surface area contributed by atoms with Crippen molar-refractivity contribution in [2.45, 2.75) is 18.9 Å². The van der Waals surface area contributed by atoms with Crippen LogP contribution in [0.4, 0.5) is 5.69 Å². The number of nitrogens with one attached hydrogen (secondary N) is 1. The number of pyridine rings is 1. The van der Waals surface area contributed by atoms with Gasteiger partial charge in [0.15, 0.2) is 0 Å². The van der Waals surface area contributed by atoms with Gasteiger partial charge in [0.05, 0.1) is 0 Å². The minimum atomic E-state index is -0.139. The van der Waals surface area contributed by atoms with Crippen molar-refractivity contribution in [2.75, 3.05) is 5.32 Å². The molecule has 98 valence electrons. The lowest BCUT2D eigenvalue weighted by molar-refractivity contribution is 0.101. The van der Waals surface area contributed by atoms with Crippen LogP contribution in [0.25, 0.3) is 0 Å². The highest BCUT2D eigenvalue weighted by Crippen LogP contribution is 2.37. The number of nitrogens with zero attached hydrogens (tertiary/aromatic N) is 2. The van der Waals surface area contributed by atoms with E-state index in [1.807, 2.05) is 16.8 Å². The molecule has 19 heavy (non-hydrogen) atoms. The predicted octanol–water partition coefficient (Wildman–Crippen LogP) is 3.89. The van der Waals surface area contributed by atoms with Gasteiger partial charge in [0.2, 0.25) is 0 Å². The normalized spacial score (nSPS) is 14.4. The minimum absolute atomic E-state index is 0.139. The number of anilines is 1. The Labute approximate surface area is 123 Å². The monoisotopic (exact) mass is 339 g/mol. The minimum Gasteiger partial charge on any atom is -0.339 e. The summed E-state index contributed by atoms with van der Waals surface area (Å²) >= 11 is 9.21. The summed E-state index contributed by atoms with van der Waals surface area (Å²) in [6.45, 7) is 0. The quantitative estimate of drug-likeness (QED) is 0.862. The molecule has 1 saturated carbocycles. The summed E-state index contributed by atoms with van der Waals surface area (Å²) in [5.41, 5.74) is 1.30. The molecule has 1 aliphatic carbocycles. The third-order valence-electron chi connectivity index (χ3n) is 2.97. The van der Waals surface area contributed by atoms with E-state index in [-0.39, 0.29) is 5.91 Å². The number of aromatic nitrogens is 2. The molecule has 1 aliphatic rings. The highest BCUT2D eigenvalue weighted by atomic mass is 79.9. The average molecular weight is 341 g/mol. The Morgan fingerprint density at radius 3 is 2.95 bits per heavy atom. The van der Waals surface area contributed by atoms with Gasteiger partial charge in [-0.25, -0.2) is 4.98 Å². The Morgan fingerprint density at radius 1 is 1.47 bits per heavy atom. The summed E-state index contributed by atoms with van der Waals surface area (Å²) in [5, 5.41) is 3.19. The zero-order valence-corrected chi connectivity index (χ0v) is 12.3. The van der Waals surface area contributed by atoms with Crippen LogP contribution in [0.1, 0.15) is 29.4 Å². The summed E-state index contributed by atoms with van der Waals surface area (Å²) in [6, 6.07) is 5.62. The molecule has 6 heteroatoms. The van der Waals surface area contributed by atoms with Crippen molar-refractivity contribution in [1.29, 1.82) is 0 Å². The maximum Gasteiger partial charge on any atom is 0.272 e. The number of carbonyl (C=O) groups excluding carboxylic acids is 1. The third kappa shape index (κ3) is 2.82. The van der Waals surface area contributed by atoms with Gasteiger partial charge in [-0.15, -0.1) is 0 Å². The maximum absolute atomic E-state index is 12.3. The molecule has 0 radical (unpaired) electrons. The van der Waals surface area contributed by atoms with E-state index < -0.39 is 0 Å². The van der Waals surface area contributed by atoms with Gasteiger partial charge in [-0.3, -0.25) is 4.79 Å². The second-order valence-corrected chi connectivity index (χ2v) is 5.81. The largest absolute Gasteiger partial charge is 0.339 e. The Hall–Kier alpha value is -1.33. The molecule has 1 fully saturated rings. The van der Waals surface area contributed by atoms with E-state index in [1.165, 1.54) is 0 Å². The van der Waals surface area contributed by atoms with E-state index in [4.69, 9.17) is 11.6 Å². The molecule has 2 aromatic rings. The summed E-state index contributed by atoms with van der Waals surface area (Å²) < 4.78 is 2.93. The maximum atomic E-state index is 12.3. The number of hydrogen-bond acceptors (Lipinski definition) is 2. The van der Waals surface area contributed by atoms with Crippen LogP contribution in [-0.4, -0.2) is 15.5 Å². The van der Waals surface area contributed by atoms with E-state index in [2.05, 4.69) is 26.2 Å².